The molecule has 4 heterocycles. The van der Waals surface area contributed by atoms with E-state index < -0.39 is 0 Å². The Balaban J connectivity index is 1.17. The largest absolute Gasteiger partial charge is 0.469 e. The van der Waals surface area contributed by atoms with Crippen molar-refractivity contribution in [1.82, 2.24) is 15.5 Å². The van der Waals surface area contributed by atoms with Crippen molar-refractivity contribution in [2.75, 3.05) is 26.3 Å². The third-order valence-corrected chi connectivity index (χ3v) is 7.21. The Morgan fingerprint density at radius 1 is 1.03 bits per heavy atom. The van der Waals surface area contributed by atoms with Crippen LogP contribution in [0, 0.1) is 5.92 Å². The van der Waals surface area contributed by atoms with Crippen LogP contribution in [0.4, 0.5) is 0 Å². The van der Waals surface area contributed by atoms with Crippen LogP contribution >= 0.6 is 0 Å². The van der Waals surface area contributed by atoms with E-state index in [4.69, 9.17) is 14.1 Å². The van der Waals surface area contributed by atoms with E-state index in [0.29, 0.717) is 24.0 Å². The van der Waals surface area contributed by atoms with Gasteiger partial charge in [-0.3, -0.25) is 9.89 Å². The standard InChI is InChI=1S/C26H36N4O2/c1-2-5-20(6-3-1)18-30-23-8-9-24(30)16-22(15-23)29-26(28-17-21-11-14-31-19-21)27-12-10-25-7-4-13-32-25/h1-7,13,21-24H,8-12,14-19H2,(H2,27,28,29). The fraction of sp³-hybridized carbons (Fsp3) is 0.577. The third-order valence-electron chi connectivity index (χ3n) is 7.21. The van der Waals surface area contributed by atoms with Crippen LogP contribution in [0.1, 0.15) is 43.4 Å². The number of ether oxygens (including phenoxy) is 1. The molecule has 3 atom stereocenters. The molecule has 0 saturated carbocycles. The lowest BCUT2D eigenvalue weighted by Gasteiger charge is -2.39. The number of benzene rings is 1. The Kier molecular flexibility index (Phi) is 7.09. The molecule has 0 radical (unpaired) electrons. The van der Waals surface area contributed by atoms with E-state index in [-0.39, 0.29) is 0 Å². The summed E-state index contributed by atoms with van der Waals surface area (Å²) in [5.74, 6) is 2.50. The second-order valence-corrected chi connectivity index (χ2v) is 9.53. The van der Waals surface area contributed by atoms with E-state index in [1.165, 1.54) is 31.2 Å². The average Bonchev–Trinajstić information content (AvgIpc) is 3.56. The number of hydrogen-bond donors (Lipinski definition) is 2. The summed E-state index contributed by atoms with van der Waals surface area (Å²) in [7, 11) is 0. The molecule has 3 fully saturated rings. The van der Waals surface area contributed by atoms with E-state index in [1.807, 2.05) is 12.1 Å². The van der Waals surface area contributed by atoms with Crippen molar-refractivity contribution in [2.24, 2.45) is 10.9 Å². The van der Waals surface area contributed by atoms with Gasteiger partial charge in [-0.1, -0.05) is 30.3 Å². The van der Waals surface area contributed by atoms with Gasteiger partial charge < -0.3 is 19.8 Å². The molecule has 3 unspecified atom stereocenters. The van der Waals surface area contributed by atoms with Crippen LogP contribution in [0.3, 0.4) is 0 Å². The first-order chi connectivity index (χ1) is 15.8. The van der Waals surface area contributed by atoms with Crippen LogP contribution in [0.2, 0.25) is 0 Å². The maximum absolute atomic E-state index is 5.54. The van der Waals surface area contributed by atoms with Gasteiger partial charge in [-0.2, -0.15) is 0 Å². The Morgan fingerprint density at radius 3 is 2.59 bits per heavy atom. The number of rotatable bonds is 8. The fourth-order valence-electron chi connectivity index (χ4n) is 5.50. The first-order valence-corrected chi connectivity index (χ1v) is 12.3. The van der Waals surface area contributed by atoms with Crippen LogP contribution in [0.25, 0.3) is 0 Å². The predicted octanol–water partition coefficient (Wildman–Crippen LogP) is 3.59. The van der Waals surface area contributed by atoms with Gasteiger partial charge in [0.15, 0.2) is 5.96 Å². The van der Waals surface area contributed by atoms with Gasteiger partial charge in [0, 0.05) is 56.7 Å². The molecule has 0 aliphatic carbocycles. The van der Waals surface area contributed by atoms with Crippen LogP contribution in [-0.4, -0.2) is 55.3 Å². The molecule has 6 heteroatoms. The molecule has 3 aliphatic rings. The Labute approximate surface area is 191 Å². The SMILES string of the molecule is c1ccc(CN2C3CCC2CC(NC(=NCC2CCOC2)NCCc2ccco2)C3)cc1. The molecule has 32 heavy (non-hydrogen) atoms. The maximum Gasteiger partial charge on any atom is 0.191 e. The minimum Gasteiger partial charge on any atom is -0.469 e. The topological polar surface area (TPSA) is 62.0 Å². The van der Waals surface area contributed by atoms with Gasteiger partial charge >= 0.3 is 0 Å². The van der Waals surface area contributed by atoms with E-state index in [0.717, 1.165) is 57.4 Å². The van der Waals surface area contributed by atoms with Crippen molar-refractivity contribution < 1.29 is 9.15 Å². The maximum atomic E-state index is 5.54. The Hall–Kier alpha value is -2.31. The van der Waals surface area contributed by atoms with Crippen LogP contribution in [0.15, 0.2) is 58.1 Å². The van der Waals surface area contributed by atoms with Gasteiger partial charge in [-0.15, -0.1) is 0 Å². The van der Waals surface area contributed by atoms with Crippen molar-refractivity contribution in [3.63, 3.8) is 0 Å². The number of nitrogens with one attached hydrogen (secondary N) is 2. The Bertz CT molecular complexity index is 834. The molecule has 0 amide bonds. The van der Waals surface area contributed by atoms with Gasteiger partial charge in [-0.25, -0.2) is 0 Å². The van der Waals surface area contributed by atoms with Crippen molar-refractivity contribution in [3.8, 4) is 0 Å². The number of fused-ring (bicyclic) bond motifs is 2. The molecular formula is C26H36N4O2. The fourth-order valence-corrected chi connectivity index (χ4v) is 5.50. The molecule has 2 aromatic rings. The zero-order chi connectivity index (χ0) is 21.6. The highest BCUT2D eigenvalue weighted by molar-refractivity contribution is 5.80. The summed E-state index contributed by atoms with van der Waals surface area (Å²) < 4.78 is 11.0. The smallest absolute Gasteiger partial charge is 0.191 e. The summed E-state index contributed by atoms with van der Waals surface area (Å²) in [4.78, 5) is 7.69. The van der Waals surface area contributed by atoms with E-state index in [1.54, 1.807) is 6.26 Å². The normalized spacial score (nSPS) is 28.2. The van der Waals surface area contributed by atoms with Gasteiger partial charge in [0.2, 0.25) is 0 Å². The highest BCUT2D eigenvalue weighted by atomic mass is 16.5. The van der Waals surface area contributed by atoms with Gasteiger partial charge in [0.05, 0.1) is 12.9 Å². The Morgan fingerprint density at radius 2 is 1.88 bits per heavy atom. The number of nitrogens with zero attached hydrogens (tertiary/aromatic N) is 2. The van der Waals surface area contributed by atoms with Crippen molar-refractivity contribution >= 4 is 5.96 Å². The van der Waals surface area contributed by atoms with Crippen molar-refractivity contribution in [2.45, 2.75) is 63.2 Å². The van der Waals surface area contributed by atoms with Crippen LogP contribution in [-0.2, 0) is 17.7 Å². The zero-order valence-electron chi connectivity index (χ0n) is 18.9. The van der Waals surface area contributed by atoms with E-state index >= 15 is 0 Å². The molecule has 3 aliphatic heterocycles. The van der Waals surface area contributed by atoms with E-state index in [2.05, 4.69) is 45.9 Å². The summed E-state index contributed by atoms with van der Waals surface area (Å²) in [6.45, 7) is 4.44. The molecule has 5 rings (SSSR count). The predicted molar refractivity (Wildman–Crippen MR) is 127 cm³/mol. The molecule has 6 nitrogen and oxygen atoms in total. The molecule has 3 saturated heterocycles. The molecule has 1 aromatic heterocycles. The lowest BCUT2D eigenvalue weighted by atomic mass is 9.96. The highest BCUT2D eigenvalue weighted by Gasteiger charge is 2.40. The quantitative estimate of drug-likeness (QED) is 0.489. The summed E-state index contributed by atoms with van der Waals surface area (Å²) >= 11 is 0. The van der Waals surface area contributed by atoms with Crippen LogP contribution < -0.4 is 10.6 Å². The summed E-state index contributed by atoms with van der Waals surface area (Å²) in [5, 5.41) is 7.34. The van der Waals surface area contributed by atoms with Crippen molar-refractivity contribution in [3.05, 3.63) is 60.1 Å². The molecule has 2 bridgehead atoms. The molecule has 1 aromatic carbocycles. The minimum absolute atomic E-state index is 0.481. The number of guanidine groups is 1. The van der Waals surface area contributed by atoms with Crippen molar-refractivity contribution in [1.29, 1.82) is 0 Å². The molecule has 172 valence electrons. The van der Waals surface area contributed by atoms with E-state index in [9.17, 15) is 0 Å². The second kappa shape index (κ2) is 10.5. The number of hydrogen-bond acceptors (Lipinski definition) is 4. The van der Waals surface area contributed by atoms with Crippen LogP contribution in [0.5, 0.6) is 0 Å². The summed E-state index contributed by atoms with van der Waals surface area (Å²) in [5.41, 5.74) is 1.43. The second-order valence-electron chi connectivity index (χ2n) is 9.53. The van der Waals surface area contributed by atoms with Gasteiger partial charge in [0.1, 0.15) is 5.76 Å². The summed E-state index contributed by atoms with van der Waals surface area (Å²) in [6, 6.07) is 16.7. The monoisotopic (exact) mass is 436 g/mol. The lowest BCUT2D eigenvalue weighted by molar-refractivity contribution is 0.114. The summed E-state index contributed by atoms with van der Waals surface area (Å²) in [6.07, 6.45) is 8.72. The van der Waals surface area contributed by atoms with Gasteiger partial charge in [-0.05, 0) is 49.8 Å². The third kappa shape index (κ3) is 5.54. The minimum atomic E-state index is 0.481. The average molecular weight is 437 g/mol. The first kappa shape index (κ1) is 21.5. The molecule has 0 spiro atoms. The zero-order valence-corrected chi connectivity index (χ0v) is 18.9. The number of aliphatic imine (C=N–C) groups is 1. The molecule has 2 N–H and O–H groups in total. The van der Waals surface area contributed by atoms with Gasteiger partial charge in [0.25, 0.3) is 0 Å². The number of furan rings is 1. The molecular weight excluding hydrogens is 400 g/mol. The highest BCUT2D eigenvalue weighted by Crippen LogP contribution is 2.36. The first-order valence-electron chi connectivity index (χ1n) is 12.3. The number of piperidine rings is 1. The lowest BCUT2D eigenvalue weighted by Crippen LogP contribution is -2.52.